The first-order valence-electron chi connectivity index (χ1n) is 18.2. The van der Waals surface area contributed by atoms with Crippen LogP contribution in [0.5, 0.6) is 5.75 Å². The fourth-order valence-corrected chi connectivity index (χ4v) is 12.6. The van der Waals surface area contributed by atoms with Gasteiger partial charge in [0.1, 0.15) is 11.5 Å². The van der Waals surface area contributed by atoms with Crippen molar-refractivity contribution in [1.82, 2.24) is 0 Å². The summed E-state index contributed by atoms with van der Waals surface area (Å²) < 4.78 is 25.4. The van der Waals surface area contributed by atoms with Crippen LogP contribution in [-0.2, 0) is 25.0 Å². The van der Waals surface area contributed by atoms with Crippen LogP contribution in [0.1, 0.15) is 74.3 Å². The largest absolute Gasteiger partial charge is 0.497 e. The minimum atomic E-state index is -2.78. The number of rotatable bonds is 18. The highest BCUT2D eigenvalue weighted by molar-refractivity contribution is 6.99. The number of Topliss-reactive ketones (excluding diaryl/α,β-unsaturated/α-hetero) is 1. The van der Waals surface area contributed by atoms with Gasteiger partial charge in [0.05, 0.1) is 25.9 Å². The van der Waals surface area contributed by atoms with E-state index in [4.69, 9.17) is 18.3 Å². The molecule has 0 amide bonds. The fourth-order valence-electron chi connectivity index (χ4n) is 6.45. The predicted molar refractivity (Wildman–Crippen MR) is 211 cm³/mol. The van der Waals surface area contributed by atoms with Crippen molar-refractivity contribution in [1.29, 1.82) is 0 Å². The Balaban J connectivity index is 1.77. The van der Waals surface area contributed by atoms with Gasteiger partial charge in [0.15, 0.2) is 8.32 Å². The first-order chi connectivity index (χ1) is 23.4. The Labute approximate surface area is 305 Å². The second-order valence-electron chi connectivity index (χ2n) is 16.5. The Hall–Kier alpha value is -2.60. The molecule has 0 aliphatic carbocycles. The van der Waals surface area contributed by atoms with Crippen LogP contribution in [-0.4, -0.2) is 60.1 Å². The number of hydrogen-bond acceptors (Lipinski definition) is 6. The molecular weight excluding hydrogens is 657 g/mol. The Morgan fingerprint density at radius 1 is 0.760 bits per heavy atom. The number of methoxy groups -OCH3 is 1. The monoisotopic (exact) mass is 720 g/mol. The third-order valence-electron chi connectivity index (χ3n) is 10.8. The molecular formula is C42H64O6Si2. The van der Waals surface area contributed by atoms with Crippen LogP contribution in [0.15, 0.2) is 84.9 Å². The summed E-state index contributed by atoms with van der Waals surface area (Å²) in [5.41, 5.74) is 1.06. The summed E-state index contributed by atoms with van der Waals surface area (Å²) in [4.78, 5) is 14.2. The van der Waals surface area contributed by atoms with E-state index in [1.165, 1.54) is 10.4 Å². The summed E-state index contributed by atoms with van der Waals surface area (Å²) in [7, 11) is -3.34. The number of carbonyl (C=O) groups excluding carboxylic acids is 1. The predicted octanol–water partition coefficient (Wildman–Crippen LogP) is 8.41. The van der Waals surface area contributed by atoms with Crippen LogP contribution in [0.3, 0.4) is 0 Å². The van der Waals surface area contributed by atoms with Crippen molar-refractivity contribution in [3.63, 3.8) is 0 Å². The summed E-state index contributed by atoms with van der Waals surface area (Å²) in [6.45, 7) is 24.9. The normalized spacial score (nSPS) is 15.9. The van der Waals surface area contributed by atoms with Gasteiger partial charge in [-0.05, 0) is 57.7 Å². The zero-order chi connectivity index (χ0) is 37.3. The van der Waals surface area contributed by atoms with Crippen molar-refractivity contribution in [2.75, 3.05) is 20.3 Å². The number of hydrogen-bond donors (Lipinski definition) is 1. The van der Waals surface area contributed by atoms with Crippen LogP contribution < -0.4 is 15.1 Å². The van der Waals surface area contributed by atoms with Gasteiger partial charge in [0, 0.05) is 31.0 Å². The van der Waals surface area contributed by atoms with Gasteiger partial charge in [-0.25, -0.2) is 0 Å². The van der Waals surface area contributed by atoms with Gasteiger partial charge in [-0.3, -0.25) is 4.79 Å². The lowest BCUT2D eigenvalue weighted by Crippen LogP contribution is -2.67. The Bertz CT molecular complexity index is 1410. The molecule has 0 saturated heterocycles. The van der Waals surface area contributed by atoms with Crippen molar-refractivity contribution in [3.05, 3.63) is 90.5 Å². The fraction of sp³-hybridized carbons (Fsp3) is 0.548. The van der Waals surface area contributed by atoms with Crippen LogP contribution >= 0.6 is 0 Å². The van der Waals surface area contributed by atoms with E-state index in [1.54, 1.807) is 7.11 Å². The molecule has 0 unspecified atom stereocenters. The first-order valence-corrected chi connectivity index (χ1v) is 23.0. The van der Waals surface area contributed by atoms with Crippen molar-refractivity contribution in [2.24, 2.45) is 17.8 Å². The summed E-state index contributed by atoms with van der Waals surface area (Å²) >= 11 is 0. The zero-order valence-corrected chi connectivity index (χ0v) is 34.8. The van der Waals surface area contributed by atoms with Gasteiger partial charge >= 0.3 is 0 Å². The molecule has 50 heavy (non-hydrogen) atoms. The Morgan fingerprint density at radius 2 is 1.28 bits per heavy atom. The molecule has 276 valence electrons. The van der Waals surface area contributed by atoms with Crippen LogP contribution in [0, 0.1) is 17.8 Å². The Morgan fingerprint density at radius 3 is 1.74 bits per heavy atom. The van der Waals surface area contributed by atoms with Crippen molar-refractivity contribution in [2.45, 2.75) is 111 Å². The summed E-state index contributed by atoms with van der Waals surface area (Å²) in [5, 5.41) is 13.9. The standard InChI is InChI=1S/C42H64O6Si2/c1-31(29-47-50(42(7,8)9,36-19-15-13-16-20-36)37-21-17-14-18-22-37)39(43)33(3)40(44)32(2)38(48-49(11,12)41(4,5)6)27-28-46-30-34-23-25-35(45-10)26-24-34/h13-26,31-33,38-39,43H,27-30H2,1-12H3/t31-,32+,33-,38+,39+/m0/s1. The first kappa shape index (κ1) is 41.8. The van der Waals surface area contributed by atoms with Gasteiger partial charge < -0.3 is 23.4 Å². The second-order valence-corrected chi connectivity index (χ2v) is 25.6. The van der Waals surface area contributed by atoms with E-state index in [0.29, 0.717) is 26.2 Å². The number of aliphatic hydroxyl groups excluding tert-OH is 1. The van der Waals surface area contributed by atoms with Crippen LogP contribution in [0.25, 0.3) is 0 Å². The lowest BCUT2D eigenvalue weighted by Gasteiger charge is -2.44. The van der Waals surface area contributed by atoms with Gasteiger partial charge in [-0.1, -0.05) is 135 Å². The Kier molecular flexibility index (Phi) is 14.9. The number of aliphatic hydroxyl groups is 1. The third kappa shape index (κ3) is 10.3. The molecule has 3 aromatic rings. The van der Waals surface area contributed by atoms with Gasteiger partial charge in [-0.2, -0.15) is 0 Å². The highest BCUT2D eigenvalue weighted by Gasteiger charge is 2.50. The van der Waals surface area contributed by atoms with E-state index in [9.17, 15) is 9.90 Å². The minimum Gasteiger partial charge on any atom is -0.497 e. The van der Waals surface area contributed by atoms with E-state index in [0.717, 1.165) is 11.3 Å². The molecule has 0 saturated carbocycles. The molecule has 3 rings (SSSR count). The summed E-state index contributed by atoms with van der Waals surface area (Å²) in [6, 6.07) is 28.9. The molecule has 0 aliphatic heterocycles. The SMILES string of the molecule is COc1ccc(COCC[C@@H](O[Si](C)(C)C(C)(C)C)[C@@H](C)C(=O)[C@@H](C)[C@H](O)[C@@H](C)CO[Si](c2ccccc2)(c2ccccc2)C(C)(C)C)cc1. The van der Waals surface area contributed by atoms with Crippen LogP contribution in [0.2, 0.25) is 23.2 Å². The van der Waals surface area contributed by atoms with E-state index in [-0.39, 0.29) is 27.9 Å². The van der Waals surface area contributed by atoms with Gasteiger partial charge in [0.2, 0.25) is 0 Å². The average Bonchev–Trinajstić information content (AvgIpc) is 3.08. The molecule has 0 fully saturated rings. The highest BCUT2D eigenvalue weighted by atomic mass is 28.4. The quantitative estimate of drug-likeness (QED) is 0.105. The van der Waals surface area contributed by atoms with Crippen molar-refractivity contribution >= 4 is 32.8 Å². The maximum atomic E-state index is 14.2. The molecule has 0 bridgehead atoms. The summed E-state index contributed by atoms with van der Waals surface area (Å²) in [6.07, 6.45) is -0.606. The number of carbonyl (C=O) groups is 1. The average molecular weight is 721 g/mol. The smallest absolute Gasteiger partial charge is 0.261 e. The number of ketones is 1. The second kappa shape index (κ2) is 17.8. The molecule has 1 N–H and O–H groups in total. The van der Waals surface area contributed by atoms with E-state index < -0.39 is 34.6 Å². The molecule has 0 aliphatic rings. The number of ether oxygens (including phenoxy) is 2. The van der Waals surface area contributed by atoms with Crippen molar-refractivity contribution in [3.8, 4) is 5.75 Å². The lowest BCUT2D eigenvalue weighted by atomic mass is 9.83. The topological polar surface area (TPSA) is 74.2 Å². The lowest BCUT2D eigenvalue weighted by molar-refractivity contribution is -0.134. The maximum Gasteiger partial charge on any atom is 0.261 e. The molecule has 5 atom stereocenters. The zero-order valence-electron chi connectivity index (χ0n) is 32.8. The highest BCUT2D eigenvalue weighted by Crippen LogP contribution is 2.40. The molecule has 6 nitrogen and oxygen atoms in total. The molecule has 0 spiro atoms. The van der Waals surface area contributed by atoms with Crippen molar-refractivity contribution < 1.29 is 28.2 Å². The molecule has 0 radical (unpaired) electrons. The minimum absolute atomic E-state index is 0.00802. The molecule has 8 heteroatoms. The van der Waals surface area contributed by atoms with Crippen LogP contribution in [0.4, 0.5) is 0 Å². The molecule has 3 aromatic carbocycles. The third-order valence-corrected chi connectivity index (χ3v) is 20.3. The van der Waals surface area contributed by atoms with E-state index >= 15 is 0 Å². The van der Waals surface area contributed by atoms with E-state index in [2.05, 4.69) is 103 Å². The number of benzene rings is 3. The maximum absolute atomic E-state index is 14.2. The molecule has 0 heterocycles. The van der Waals surface area contributed by atoms with E-state index in [1.807, 2.05) is 57.2 Å². The van der Waals surface area contributed by atoms with Gasteiger partial charge in [0.25, 0.3) is 8.32 Å². The summed E-state index contributed by atoms with van der Waals surface area (Å²) in [5.74, 6) is -0.454. The molecule has 0 aromatic heterocycles. The van der Waals surface area contributed by atoms with Gasteiger partial charge in [-0.15, -0.1) is 0 Å².